The summed E-state index contributed by atoms with van der Waals surface area (Å²) in [5.74, 6) is 1.57. The van der Waals surface area contributed by atoms with Crippen LogP contribution in [-0.2, 0) is 11.2 Å². The third kappa shape index (κ3) is 2.59. The van der Waals surface area contributed by atoms with Crippen molar-refractivity contribution in [2.45, 2.75) is 39.2 Å². The maximum Gasteiger partial charge on any atom is 0.223 e. The Kier molecular flexibility index (Phi) is 3.78. The fourth-order valence-corrected chi connectivity index (χ4v) is 4.11. The molecule has 2 saturated heterocycles. The number of hydrogen-bond acceptors (Lipinski definition) is 2. The number of benzene rings is 1. The number of carbonyl (C=O) groups excluding carboxylic acids is 1. The van der Waals surface area contributed by atoms with Crippen LogP contribution in [0.5, 0.6) is 0 Å². The highest BCUT2D eigenvalue weighted by molar-refractivity contribution is 5.78. The largest absolute Gasteiger partial charge is 0.337 e. The van der Waals surface area contributed by atoms with Crippen LogP contribution in [0.2, 0.25) is 0 Å². The molecule has 3 heteroatoms. The van der Waals surface area contributed by atoms with Crippen molar-refractivity contribution in [2.75, 3.05) is 19.6 Å². The Morgan fingerprint density at radius 3 is 2.81 bits per heavy atom. The summed E-state index contributed by atoms with van der Waals surface area (Å²) in [5, 5.41) is 3.47. The number of aryl methyl sites for hydroxylation is 2. The Morgan fingerprint density at radius 2 is 2.10 bits per heavy atom. The molecule has 3 rings (SSSR count). The Balaban J connectivity index is 1.65. The van der Waals surface area contributed by atoms with E-state index in [-0.39, 0.29) is 5.54 Å². The first-order valence-electron chi connectivity index (χ1n) is 8.06. The van der Waals surface area contributed by atoms with Crippen LogP contribution in [0.25, 0.3) is 0 Å². The summed E-state index contributed by atoms with van der Waals surface area (Å²) in [6, 6.07) is 8.37. The number of amides is 1. The van der Waals surface area contributed by atoms with E-state index in [0.717, 1.165) is 26.1 Å². The first-order valence-corrected chi connectivity index (χ1v) is 8.06. The summed E-state index contributed by atoms with van der Waals surface area (Å²) in [6.45, 7) is 9.63. The van der Waals surface area contributed by atoms with Gasteiger partial charge in [0.25, 0.3) is 0 Å². The van der Waals surface area contributed by atoms with Gasteiger partial charge in [-0.2, -0.15) is 0 Å². The highest BCUT2D eigenvalue weighted by atomic mass is 16.2. The summed E-state index contributed by atoms with van der Waals surface area (Å²) in [5.41, 5.74) is 2.58. The molecule has 2 heterocycles. The van der Waals surface area contributed by atoms with E-state index in [1.54, 1.807) is 0 Å². The molecule has 2 unspecified atom stereocenters. The molecular formula is C18H26N2O. The van der Waals surface area contributed by atoms with Crippen LogP contribution >= 0.6 is 0 Å². The number of hydrogen-bond donors (Lipinski definition) is 1. The van der Waals surface area contributed by atoms with E-state index in [4.69, 9.17) is 0 Å². The molecule has 0 bridgehead atoms. The number of fused-ring (bicyclic) bond motifs is 1. The van der Waals surface area contributed by atoms with Crippen molar-refractivity contribution in [3.8, 4) is 0 Å². The van der Waals surface area contributed by atoms with Crippen LogP contribution in [0.4, 0.5) is 0 Å². The molecule has 0 radical (unpaired) electrons. The molecular weight excluding hydrogens is 260 g/mol. The van der Waals surface area contributed by atoms with Crippen LogP contribution in [0.15, 0.2) is 24.3 Å². The van der Waals surface area contributed by atoms with E-state index in [1.807, 2.05) is 0 Å². The zero-order valence-corrected chi connectivity index (χ0v) is 13.4. The third-order valence-corrected chi connectivity index (χ3v) is 5.53. The van der Waals surface area contributed by atoms with E-state index in [1.165, 1.54) is 11.1 Å². The third-order valence-electron chi connectivity index (χ3n) is 5.53. The molecule has 114 valence electrons. The standard InChI is InChI=1S/C18H26N2O/c1-13-6-4-5-7-14(13)8-9-17(21)20-12-15-10-19-11-16(15)18(20,2)3/h4-7,15-16,19H,8-12H2,1-3H3. The smallest absolute Gasteiger partial charge is 0.223 e. The average Bonchev–Trinajstić information content (AvgIpc) is 3.00. The van der Waals surface area contributed by atoms with Gasteiger partial charge in [0.15, 0.2) is 0 Å². The van der Waals surface area contributed by atoms with Crippen LogP contribution in [0, 0.1) is 18.8 Å². The summed E-state index contributed by atoms with van der Waals surface area (Å²) < 4.78 is 0. The number of likely N-dealkylation sites (tertiary alicyclic amines) is 1. The maximum absolute atomic E-state index is 12.7. The van der Waals surface area contributed by atoms with Gasteiger partial charge in [-0.25, -0.2) is 0 Å². The first kappa shape index (κ1) is 14.6. The number of nitrogens with one attached hydrogen (secondary N) is 1. The first-order chi connectivity index (χ1) is 10.00. The van der Waals surface area contributed by atoms with E-state index in [9.17, 15) is 4.79 Å². The van der Waals surface area contributed by atoms with Crippen molar-refractivity contribution in [2.24, 2.45) is 11.8 Å². The lowest BCUT2D eigenvalue weighted by molar-refractivity contribution is -0.135. The molecule has 1 amide bonds. The SMILES string of the molecule is Cc1ccccc1CCC(=O)N1CC2CNCC2C1(C)C. The van der Waals surface area contributed by atoms with Gasteiger partial charge in [-0.3, -0.25) is 4.79 Å². The highest BCUT2D eigenvalue weighted by Gasteiger charge is 2.50. The van der Waals surface area contributed by atoms with Crippen molar-refractivity contribution in [1.82, 2.24) is 10.2 Å². The molecule has 0 saturated carbocycles. The Bertz CT molecular complexity index is 538. The van der Waals surface area contributed by atoms with Crippen LogP contribution < -0.4 is 5.32 Å². The molecule has 2 atom stereocenters. The van der Waals surface area contributed by atoms with Gasteiger partial charge in [-0.05, 0) is 50.2 Å². The molecule has 21 heavy (non-hydrogen) atoms. The maximum atomic E-state index is 12.7. The van der Waals surface area contributed by atoms with Gasteiger partial charge >= 0.3 is 0 Å². The minimum absolute atomic E-state index is 0.00299. The lowest BCUT2D eigenvalue weighted by Crippen LogP contribution is -2.47. The molecule has 1 aromatic carbocycles. The molecule has 0 aromatic heterocycles. The molecule has 2 aliphatic heterocycles. The van der Waals surface area contributed by atoms with Crippen molar-refractivity contribution in [3.63, 3.8) is 0 Å². The molecule has 0 aliphatic carbocycles. The molecule has 2 fully saturated rings. The number of nitrogens with zero attached hydrogens (tertiary/aromatic N) is 1. The van der Waals surface area contributed by atoms with E-state index >= 15 is 0 Å². The fraction of sp³-hybridized carbons (Fsp3) is 0.611. The minimum atomic E-state index is -0.00299. The van der Waals surface area contributed by atoms with Crippen LogP contribution in [-0.4, -0.2) is 36.0 Å². The monoisotopic (exact) mass is 286 g/mol. The van der Waals surface area contributed by atoms with Gasteiger partial charge in [0, 0.05) is 31.6 Å². The van der Waals surface area contributed by atoms with E-state index < -0.39 is 0 Å². The van der Waals surface area contributed by atoms with Gasteiger partial charge in [0.05, 0.1) is 0 Å². The van der Waals surface area contributed by atoms with Crippen molar-refractivity contribution in [1.29, 1.82) is 0 Å². The topological polar surface area (TPSA) is 32.3 Å². The van der Waals surface area contributed by atoms with Crippen molar-refractivity contribution < 1.29 is 4.79 Å². The fourth-order valence-electron chi connectivity index (χ4n) is 4.11. The molecule has 1 aromatic rings. The summed E-state index contributed by atoms with van der Waals surface area (Å²) in [7, 11) is 0. The van der Waals surface area contributed by atoms with Gasteiger partial charge in [0.2, 0.25) is 5.91 Å². The quantitative estimate of drug-likeness (QED) is 0.925. The Morgan fingerprint density at radius 1 is 1.33 bits per heavy atom. The summed E-state index contributed by atoms with van der Waals surface area (Å²) in [6.07, 6.45) is 1.48. The normalized spacial score (nSPS) is 26.9. The molecule has 2 aliphatic rings. The second-order valence-corrected chi connectivity index (χ2v) is 7.11. The van der Waals surface area contributed by atoms with Gasteiger partial charge < -0.3 is 10.2 Å². The number of rotatable bonds is 3. The molecule has 3 nitrogen and oxygen atoms in total. The summed E-state index contributed by atoms with van der Waals surface area (Å²) in [4.78, 5) is 14.8. The minimum Gasteiger partial charge on any atom is -0.337 e. The van der Waals surface area contributed by atoms with Crippen molar-refractivity contribution in [3.05, 3.63) is 35.4 Å². The second kappa shape index (κ2) is 5.45. The van der Waals surface area contributed by atoms with Crippen molar-refractivity contribution >= 4 is 5.91 Å². The molecule has 1 N–H and O–H groups in total. The lowest BCUT2D eigenvalue weighted by Gasteiger charge is -2.35. The molecule has 0 spiro atoms. The Hall–Kier alpha value is -1.35. The zero-order chi connectivity index (χ0) is 15.0. The van der Waals surface area contributed by atoms with E-state index in [0.29, 0.717) is 24.2 Å². The Labute approximate surface area is 127 Å². The zero-order valence-electron chi connectivity index (χ0n) is 13.4. The van der Waals surface area contributed by atoms with E-state index in [2.05, 4.69) is 55.3 Å². The lowest BCUT2D eigenvalue weighted by atomic mass is 9.85. The number of carbonyl (C=O) groups is 1. The second-order valence-electron chi connectivity index (χ2n) is 7.11. The van der Waals surface area contributed by atoms with Crippen LogP contribution in [0.1, 0.15) is 31.4 Å². The average molecular weight is 286 g/mol. The predicted molar refractivity (Wildman–Crippen MR) is 85.1 cm³/mol. The highest BCUT2D eigenvalue weighted by Crippen LogP contribution is 2.40. The van der Waals surface area contributed by atoms with Gasteiger partial charge in [-0.15, -0.1) is 0 Å². The van der Waals surface area contributed by atoms with Crippen LogP contribution in [0.3, 0.4) is 0 Å². The predicted octanol–water partition coefficient (Wildman–Crippen LogP) is 2.38. The van der Waals surface area contributed by atoms with Gasteiger partial charge in [0.1, 0.15) is 0 Å². The summed E-state index contributed by atoms with van der Waals surface area (Å²) >= 11 is 0. The van der Waals surface area contributed by atoms with Gasteiger partial charge in [-0.1, -0.05) is 24.3 Å².